The van der Waals surface area contributed by atoms with E-state index in [1.165, 1.54) is 18.2 Å². The molecule has 162 valence electrons. The molecule has 0 aliphatic carbocycles. The number of fused-ring (bicyclic) bond motifs is 1. The molecule has 0 bridgehead atoms. The lowest BCUT2D eigenvalue weighted by molar-refractivity contribution is 0.0422. The third kappa shape index (κ3) is 3.92. The lowest BCUT2D eigenvalue weighted by Crippen LogP contribution is -2.37. The molecule has 5 rings (SSSR count). The van der Waals surface area contributed by atoms with E-state index in [1.807, 2.05) is 24.4 Å². The maximum absolute atomic E-state index is 9.71. The topological polar surface area (TPSA) is 94.8 Å². The Labute approximate surface area is 180 Å². The highest BCUT2D eigenvalue weighted by molar-refractivity contribution is 5.65. The summed E-state index contributed by atoms with van der Waals surface area (Å²) in [5.41, 5.74) is 4.32. The number of ether oxygens (including phenoxy) is 3. The van der Waals surface area contributed by atoms with Crippen molar-refractivity contribution < 1.29 is 19.3 Å². The fourth-order valence-electron chi connectivity index (χ4n) is 3.96. The molecule has 9 heteroatoms. The van der Waals surface area contributed by atoms with Crippen molar-refractivity contribution in [1.82, 2.24) is 19.7 Å². The molecule has 4 heterocycles. The molecule has 0 amide bonds. The number of hydrogen-bond acceptors (Lipinski definition) is 8. The number of aliphatic hydroxyl groups excluding tert-OH is 1. The van der Waals surface area contributed by atoms with Crippen LogP contribution in [-0.4, -0.2) is 64.9 Å². The fraction of sp³-hybridized carbons (Fsp3) is 0.409. The van der Waals surface area contributed by atoms with Crippen molar-refractivity contribution in [2.24, 2.45) is 0 Å². The number of aromatic nitrogens is 4. The Morgan fingerprint density at radius 3 is 2.74 bits per heavy atom. The minimum atomic E-state index is -0.607. The Bertz CT molecular complexity index is 1060. The summed E-state index contributed by atoms with van der Waals surface area (Å²) in [6.45, 7) is 3.82. The van der Waals surface area contributed by atoms with E-state index in [1.54, 1.807) is 4.68 Å². The summed E-state index contributed by atoms with van der Waals surface area (Å²) in [5.74, 6) is 1.82. The first-order chi connectivity index (χ1) is 15.3. The smallest absolute Gasteiger partial charge is 0.164 e. The molecular weight excluding hydrogens is 398 g/mol. The van der Waals surface area contributed by atoms with Crippen LogP contribution in [0.1, 0.15) is 23.1 Å². The molecule has 2 aliphatic rings. The number of rotatable bonds is 6. The summed E-state index contributed by atoms with van der Waals surface area (Å²) >= 11 is 0. The second-order valence-electron chi connectivity index (χ2n) is 7.53. The number of anilines is 1. The van der Waals surface area contributed by atoms with Gasteiger partial charge in [0.05, 0.1) is 38.7 Å². The standard InChI is InChI=1S/C22H25N5O4/c1-29-19(12-28)22-23-20(26-7-9-30-10-8-26)11-21(24-22)27-6-5-18(25-27)16-4-2-3-15-13-31-14-17(15)16/h2-6,11,19,28H,7-10,12-14H2,1H3. The van der Waals surface area contributed by atoms with E-state index in [4.69, 9.17) is 19.3 Å². The Morgan fingerprint density at radius 1 is 1.10 bits per heavy atom. The van der Waals surface area contributed by atoms with Gasteiger partial charge in [-0.2, -0.15) is 5.10 Å². The van der Waals surface area contributed by atoms with Crippen LogP contribution in [0.5, 0.6) is 0 Å². The minimum absolute atomic E-state index is 0.205. The monoisotopic (exact) mass is 423 g/mol. The van der Waals surface area contributed by atoms with Gasteiger partial charge in [0, 0.05) is 38.0 Å². The molecule has 1 saturated heterocycles. The van der Waals surface area contributed by atoms with Crippen LogP contribution >= 0.6 is 0 Å². The average Bonchev–Trinajstić information content (AvgIpc) is 3.50. The quantitative estimate of drug-likeness (QED) is 0.642. The van der Waals surface area contributed by atoms with Crippen molar-refractivity contribution in [3.05, 3.63) is 53.5 Å². The van der Waals surface area contributed by atoms with Crippen LogP contribution in [0.2, 0.25) is 0 Å². The minimum Gasteiger partial charge on any atom is -0.393 e. The van der Waals surface area contributed by atoms with Gasteiger partial charge in [-0.25, -0.2) is 14.6 Å². The van der Waals surface area contributed by atoms with Crippen molar-refractivity contribution in [3.8, 4) is 17.1 Å². The SMILES string of the molecule is COC(CO)c1nc(N2CCOCC2)cc(-n2ccc(-c3cccc4c3COC4)n2)n1. The molecule has 3 aromatic rings. The van der Waals surface area contributed by atoms with Crippen molar-refractivity contribution in [1.29, 1.82) is 0 Å². The lowest BCUT2D eigenvalue weighted by atomic mass is 10.0. The average molecular weight is 423 g/mol. The molecule has 1 atom stereocenters. The summed E-state index contributed by atoms with van der Waals surface area (Å²) in [4.78, 5) is 11.4. The number of morpholine rings is 1. The first kappa shape index (κ1) is 20.1. The second-order valence-corrected chi connectivity index (χ2v) is 7.53. The molecule has 2 aliphatic heterocycles. The Balaban J connectivity index is 1.54. The largest absolute Gasteiger partial charge is 0.393 e. The van der Waals surface area contributed by atoms with Gasteiger partial charge >= 0.3 is 0 Å². The van der Waals surface area contributed by atoms with Crippen LogP contribution in [0.3, 0.4) is 0 Å². The van der Waals surface area contributed by atoms with E-state index >= 15 is 0 Å². The molecule has 1 N–H and O–H groups in total. The predicted octanol–water partition coefficient (Wildman–Crippen LogP) is 1.88. The number of aliphatic hydroxyl groups is 1. The van der Waals surface area contributed by atoms with E-state index < -0.39 is 6.10 Å². The van der Waals surface area contributed by atoms with Gasteiger partial charge < -0.3 is 24.2 Å². The third-order valence-corrected chi connectivity index (χ3v) is 5.67. The van der Waals surface area contributed by atoms with Gasteiger partial charge in [-0.05, 0) is 17.2 Å². The lowest BCUT2D eigenvalue weighted by Gasteiger charge is -2.28. The summed E-state index contributed by atoms with van der Waals surface area (Å²) in [6, 6.07) is 10.1. The zero-order valence-electron chi connectivity index (χ0n) is 17.4. The molecule has 1 aromatic carbocycles. The van der Waals surface area contributed by atoms with Crippen molar-refractivity contribution in [2.75, 3.05) is 44.9 Å². The van der Waals surface area contributed by atoms with Gasteiger partial charge in [0.2, 0.25) is 0 Å². The number of hydrogen-bond donors (Lipinski definition) is 1. The molecule has 1 unspecified atom stereocenters. The maximum atomic E-state index is 9.71. The second kappa shape index (κ2) is 8.72. The van der Waals surface area contributed by atoms with E-state index in [0.717, 1.165) is 30.2 Å². The van der Waals surface area contributed by atoms with Crippen molar-refractivity contribution in [2.45, 2.75) is 19.3 Å². The molecule has 1 fully saturated rings. The Morgan fingerprint density at radius 2 is 1.94 bits per heavy atom. The highest BCUT2D eigenvalue weighted by Crippen LogP contribution is 2.31. The zero-order chi connectivity index (χ0) is 21.2. The summed E-state index contributed by atoms with van der Waals surface area (Å²) in [5, 5.41) is 14.5. The van der Waals surface area contributed by atoms with Gasteiger partial charge in [-0.3, -0.25) is 0 Å². The zero-order valence-corrected chi connectivity index (χ0v) is 17.4. The van der Waals surface area contributed by atoms with E-state index in [9.17, 15) is 5.11 Å². The van der Waals surface area contributed by atoms with Gasteiger partial charge in [-0.15, -0.1) is 0 Å². The first-order valence-electron chi connectivity index (χ1n) is 10.4. The highest BCUT2D eigenvalue weighted by Gasteiger charge is 2.21. The van der Waals surface area contributed by atoms with Gasteiger partial charge in [0.15, 0.2) is 11.6 Å². The number of nitrogens with zero attached hydrogens (tertiary/aromatic N) is 5. The molecule has 0 radical (unpaired) electrons. The molecule has 2 aromatic heterocycles. The highest BCUT2D eigenvalue weighted by atomic mass is 16.5. The van der Waals surface area contributed by atoms with Crippen LogP contribution in [-0.2, 0) is 27.4 Å². The van der Waals surface area contributed by atoms with Crippen LogP contribution < -0.4 is 4.90 Å². The van der Waals surface area contributed by atoms with Crippen LogP contribution in [0.4, 0.5) is 5.82 Å². The van der Waals surface area contributed by atoms with Crippen LogP contribution in [0, 0.1) is 0 Å². The van der Waals surface area contributed by atoms with Crippen molar-refractivity contribution >= 4 is 5.82 Å². The van der Waals surface area contributed by atoms with E-state index in [2.05, 4.69) is 27.0 Å². The molecule has 0 saturated carbocycles. The summed E-state index contributed by atoms with van der Waals surface area (Å²) in [7, 11) is 1.54. The van der Waals surface area contributed by atoms with Crippen LogP contribution in [0.25, 0.3) is 17.1 Å². The van der Waals surface area contributed by atoms with Gasteiger partial charge in [-0.1, -0.05) is 18.2 Å². The number of methoxy groups -OCH3 is 1. The Hall–Kier alpha value is -2.85. The van der Waals surface area contributed by atoms with E-state index in [0.29, 0.717) is 38.1 Å². The summed E-state index contributed by atoms with van der Waals surface area (Å²) in [6.07, 6.45) is 1.28. The normalized spacial score (nSPS) is 17.0. The molecule has 9 nitrogen and oxygen atoms in total. The van der Waals surface area contributed by atoms with Crippen molar-refractivity contribution in [3.63, 3.8) is 0 Å². The van der Waals surface area contributed by atoms with Gasteiger partial charge in [0.1, 0.15) is 11.9 Å². The fourth-order valence-corrected chi connectivity index (χ4v) is 3.96. The van der Waals surface area contributed by atoms with Gasteiger partial charge in [0.25, 0.3) is 0 Å². The number of benzene rings is 1. The molecule has 0 spiro atoms. The third-order valence-electron chi connectivity index (χ3n) is 5.67. The van der Waals surface area contributed by atoms with Crippen LogP contribution in [0.15, 0.2) is 36.5 Å². The first-order valence-corrected chi connectivity index (χ1v) is 10.4. The predicted molar refractivity (Wildman–Crippen MR) is 113 cm³/mol. The van der Waals surface area contributed by atoms with E-state index in [-0.39, 0.29) is 6.61 Å². The molecular formula is C22H25N5O4. The maximum Gasteiger partial charge on any atom is 0.164 e. The summed E-state index contributed by atoms with van der Waals surface area (Å²) < 4.78 is 18.2. The Kier molecular flexibility index (Phi) is 5.65. The molecule has 31 heavy (non-hydrogen) atoms.